The van der Waals surface area contributed by atoms with E-state index in [0.717, 1.165) is 16.7 Å². The highest BCUT2D eigenvalue weighted by Crippen LogP contribution is 2.17. The van der Waals surface area contributed by atoms with Gasteiger partial charge in [-0.25, -0.2) is 14.4 Å². The molecule has 0 aliphatic heterocycles. The van der Waals surface area contributed by atoms with Gasteiger partial charge in [-0.15, -0.1) is 0 Å². The van der Waals surface area contributed by atoms with Crippen LogP contribution in [0.2, 0.25) is 0 Å². The minimum Gasteiger partial charge on any atom is -0.508 e. The number of amides is 1. The topological polar surface area (TPSA) is 87.1 Å². The molecule has 3 N–H and O–H groups in total. The largest absolute Gasteiger partial charge is 0.508 e. The van der Waals surface area contributed by atoms with Crippen LogP contribution in [0.15, 0.2) is 55.4 Å². The van der Waals surface area contributed by atoms with Gasteiger partial charge >= 0.3 is 0 Å². The molecule has 0 bridgehead atoms. The molecular weight excluding hydrogens is 427 g/mol. The van der Waals surface area contributed by atoms with Gasteiger partial charge in [-0.1, -0.05) is 49.1 Å². The minimum absolute atomic E-state index is 0.0267. The molecule has 2 aromatic carbocycles. The van der Waals surface area contributed by atoms with E-state index < -0.39 is 0 Å². The molecule has 0 aliphatic rings. The lowest BCUT2D eigenvalue weighted by Gasteiger charge is -2.11. The second-order valence-electron chi connectivity index (χ2n) is 7.33. The fourth-order valence-electron chi connectivity index (χ4n) is 3.13. The fraction of sp³-hybridized carbons (Fsp3) is 0.167. The van der Waals surface area contributed by atoms with E-state index in [1.165, 1.54) is 18.5 Å². The summed E-state index contributed by atoms with van der Waals surface area (Å²) in [6.07, 6.45) is 1.28. The monoisotopic (exact) mass is 450 g/mol. The standard InChI is InChI=1S/C24H23FN4O2S/c1-14-8-17(4-6-19(14)16(3)30)12-27-24(32)22-10-21(28-13-29-22)23(31)26-11-18-5-7-20(25)15(2)9-18/h4-10,13,30H,3,11-12H2,1-2H3,(H,26,31)(H,27,32). The summed E-state index contributed by atoms with van der Waals surface area (Å²) in [6.45, 7) is 7.81. The number of rotatable bonds is 7. The first-order chi connectivity index (χ1) is 15.2. The van der Waals surface area contributed by atoms with Gasteiger partial charge in [-0.2, -0.15) is 0 Å². The van der Waals surface area contributed by atoms with Gasteiger partial charge in [-0.3, -0.25) is 4.79 Å². The summed E-state index contributed by atoms with van der Waals surface area (Å²) in [7, 11) is 0. The van der Waals surface area contributed by atoms with Crippen molar-refractivity contribution in [3.05, 3.63) is 100 Å². The molecule has 0 unspecified atom stereocenters. The molecule has 3 aromatic rings. The summed E-state index contributed by atoms with van der Waals surface area (Å²) < 4.78 is 13.4. The molecule has 32 heavy (non-hydrogen) atoms. The Kier molecular flexibility index (Phi) is 7.27. The summed E-state index contributed by atoms with van der Waals surface area (Å²) in [5.74, 6) is -0.640. The van der Waals surface area contributed by atoms with Crippen LogP contribution in [0.1, 0.15) is 44.0 Å². The van der Waals surface area contributed by atoms with E-state index in [4.69, 9.17) is 12.2 Å². The van der Waals surface area contributed by atoms with Crippen molar-refractivity contribution in [2.45, 2.75) is 26.9 Å². The molecule has 0 saturated carbocycles. The lowest BCUT2D eigenvalue weighted by Crippen LogP contribution is -2.26. The Bertz CT molecular complexity index is 1200. The first-order valence-electron chi connectivity index (χ1n) is 9.86. The van der Waals surface area contributed by atoms with Crippen molar-refractivity contribution in [3.8, 4) is 0 Å². The zero-order valence-corrected chi connectivity index (χ0v) is 18.6. The second-order valence-corrected chi connectivity index (χ2v) is 7.74. The highest BCUT2D eigenvalue weighted by atomic mass is 32.1. The van der Waals surface area contributed by atoms with Crippen LogP contribution in [0.25, 0.3) is 5.76 Å². The molecule has 1 heterocycles. The molecular formula is C24H23FN4O2S. The van der Waals surface area contributed by atoms with Crippen molar-refractivity contribution in [2.75, 3.05) is 0 Å². The molecule has 8 heteroatoms. The lowest BCUT2D eigenvalue weighted by atomic mass is 10.0. The number of halogens is 1. The second kappa shape index (κ2) is 10.1. The van der Waals surface area contributed by atoms with E-state index in [9.17, 15) is 14.3 Å². The summed E-state index contributed by atoms with van der Waals surface area (Å²) in [4.78, 5) is 21.0. The Morgan fingerprint density at radius 2 is 1.62 bits per heavy atom. The number of carbonyl (C=O) groups is 1. The Morgan fingerprint density at radius 1 is 1.00 bits per heavy atom. The molecule has 6 nitrogen and oxygen atoms in total. The zero-order valence-electron chi connectivity index (χ0n) is 17.8. The molecule has 1 amide bonds. The van der Waals surface area contributed by atoms with Crippen molar-refractivity contribution >= 4 is 28.9 Å². The minimum atomic E-state index is -0.381. The van der Waals surface area contributed by atoms with Gasteiger partial charge in [0.2, 0.25) is 0 Å². The SMILES string of the molecule is C=C(O)c1ccc(CNC(=S)c2cc(C(=O)NCc3ccc(F)c(C)c3)ncn2)cc1C. The first kappa shape index (κ1) is 23.0. The first-order valence-corrected chi connectivity index (χ1v) is 10.3. The molecule has 0 saturated heterocycles. The molecule has 0 radical (unpaired) electrons. The number of aliphatic hydroxyl groups excluding tert-OH is 1. The van der Waals surface area contributed by atoms with Crippen LogP contribution in [0.4, 0.5) is 4.39 Å². The molecule has 3 rings (SSSR count). The number of nitrogens with one attached hydrogen (secondary N) is 2. The molecule has 0 aliphatic carbocycles. The van der Waals surface area contributed by atoms with Gasteiger partial charge in [0.15, 0.2) is 0 Å². The maximum atomic E-state index is 13.4. The van der Waals surface area contributed by atoms with Crippen molar-refractivity contribution in [2.24, 2.45) is 0 Å². The predicted octanol–water partition coefficient (Wildman–Crippen LogP) is 4.16. The van der Waals surface area contributed by atoms with E-state index in [1.54, 1.807) is 25.1 Å². The third-order valence-corrected chi connectivity index (χ3v) is 5.22. The lowest BCUT2D eigenvalue weighted by molar-refractivity contribution is 0.0945. The Labute approximate surface area is 191 Å². The van der Waals surface area contributed by atoms with Crippen molar-refractivity contribution in [3.63, 3.8) is 0 Å². The number of thiocarbonyl (C=S) groups is 1. The highest BCUT2D eigenvalue weighted by Gasteiger charge is 2.12. The smallest absolute Gasteiger partial charge is 0.270 e. The van der Waals surface area contributed by atoms with Crippen LogP contribution in [-0.4, -0.2) is 26.0 Å². The Balaban J connectivity index is 1.61. The molecule has 164 valence electrons. The van der Waals surface area contributed by atoms with Gasteiger partial charge in [0.25, 0.3) is 5.91 Å². The molecule has 0 spiro atoms. The van der Waals surface area contributed by atoms with Gasteiger partial charge in [0, 0.05) is 18.7 Å². The Hall–Kier alpha value is -3.65. The van der Waals surface area contributed by atoms with E-state index in [0.29, 0.717) is 28.4 Å². The van der Waals surface area contributed by atoms with Crippen LogP contribution in [-0.2, 0) is 13.1 Å². The van der Waals surface area contributed by atoms with E-state index >= 15 is 0 Å². The van der Waals surface area contributed by atoms with Crippen LogP contribution >= 0.6 is 12.2 Å². The van der Waals surface area contributed by atoms with Gasteiger partial charge in [0.1, 0.15) is 34.3 Å². The number of aryl methyl sites for hydroxylation is 2. The third kappa shape index (κ3) is 5.73. The predicted molar refractivity (Wildman–Crippen MR) is 126 cm³/mol. The quantitative estimate of drug-likeness (QED) is 0.370. The normalized spacial score (nSPS) is 10.5. The summed E-state index contributed by atoms with van der Waals surface area (Å²) in [6, 6.07) is 11.8. The fourth-order valence-corrected chi connectivity index (χ4v) is 3.31. The number of benzene rings is 2. The summed E-state index contributed by atoms with van der Waals surface area (Å²) in [5, 5.41) is 15.4. The summed E-state index contributed by atoms with van der Waals surface area (Å²) >= 11 is 5.41. The maximum Gasteiger partial charge on any atom is 0.270 e. The highest BCUT2D eigenvalue weighted by molar-refractivity contribution is 7.80. The van der Waals surface area contributed by atoms with Crippen LogP contribution in [0.5, 0.6) is 0 Å². The number of aromatic nitrogens is 2. The van der Waals surface area contributed by atoms with Crippen molar-refractivity contribution < 1.29 is 14.3 Å². The van der Waals surface area contributed by atoms with Crippen molar-refractivity contribution in [1.82, 2.24) is 20.6 Å². The van der Waals surface area contributed by atoms with E-state index in [-0.39, 0.29) is 29.7 Å². The summed E-state index contributed by atoms with van der Waals surface area (Å²) in [5.41, 5.74) is 4.48. The number of hydrogen-bond donors (Lipinski definition) is 3. The maximum absolute atomic E-state index is 13.4. The number of hydrogen-bond acceptors (Lipinski definition) is 5. The number of carbonyl (C=O) groups excluding carboxylic acids is 1. The van der Waals surface area contributed by atoms with Crippen LogP contribution < -0.4 is 10.6 Å². The average molecular weight is 451 g/mol. The van der Waals surface area contributed by atoms with Gasteiger partial charge < -0.3 is 15.7 Å². The Morgan fingerprint density at radius 3 is 2.28 bits per heavy atom. The van der Waals surface area contributed by atoms with Gasteiger partial charge in [-0.05, 0) is 48.2 Å². The molecule has 0 atom stereocenters. The van der Waals surface area contributed by atoms with Crippen LogP contribution in [0.3, 0.4) is 0 Å². The average Bonchev–Trinajstić information content (AvgIpc) is 2.78. The van der Waals surface area contributed by atoms with E-state index in [1.807, 2.05) is 19.1 Å². The van der Waals surface area contributed by atoms with Crippen LogP contribution in [0, 0.1) is 19.7 Å². The number of nitrogens with zero attached hydrogens (tertiary/aromatic N) is 2. The van der Waals surface area contributed by atoms with E-state index in [2.05, 4.69) is 27.2 Å². The molecule has 1 aromatic heterocycles. The number of aliphatic hydroxyl groups is 1. The van der Waals surface area contributed by atoms with Gasteiger partial charge in [0.05, 0.1) is 0 Å². The molecule has 0 fully saturated rings. The van der Waals surface area contributed by atoms with Crippen molar-refractivity contribution in [1.29, 1.82) is 0 Å². The zero-order chi connectivity index (χ0) is 23.3. The third-order valence-electron chi connectivity index (χ3n) is 4.86.